The molecule has 1 aromatic carbocycles. The van der Waals surface area contributed by atoms with E-state index in [0.717, 1.165) is 10.6 Å². The van der Waals surface area contributed by atoms with Gasteiger partial charge in [0.05, 0.1) is 0 Å². The Morgan fingerprint density at radius 2 is 2.24 bits per heavy atom. The monoisotopic (exact) mass is 250 g/mol. The Hall–Kier alpha value is -1.16. The van der Waals surface area contributed by atoms with E-state index in [2.05, 4.69) is 17.6 Å². The minimum Gasteiger partial charge on any atom is -0.335 e. The highest BCUT2D eigenvalue weighted by molar-refractivity contribution is 7.98. The van der Waals surface area contributed by atoms with Gasteiger partial charge in [-0.25, -0.2) is 4.79 Å². The van der Waals surface area contributed by atoms with E-state index in [1.54, 1.807) is 11.8 Å². The van der Waals surface area contributed by atoms with Crippen LogP contribution in [0, 0.1) is 5.92 Å². The topological polar surface area (TPSA) is 41.1 Å². The minimum atomic E-state index is -0.109. The lowest BCUT2D eigenvalue weighted by Gasteiger charge is -2.13. The first kappa shape index (κ1) is 12.3. The molecule has 1 aromatic rings. The molecule has 0 aliphatic heterocycles. The Morgan fingerprint density at radius 1 is 1.47 bits per heavy atom. The normalized spacial score (nSPS) is 16.4. The average Bonchev–Trinajstić information content (AvgIpc) is 3.12. The first-order valence-corrected chi connectivity index (χ1v) is 7.13. The molecule has 3 nitrogen and oxygen atoms in total. The summed E-state index contributed by atoms with van der Waals surface area (Å²) in [6.45, 7) is 2.07. The summed E-state index contributed by atoms with van der Waals surface area (Å²) in [7, 11) is 0. The third kappa shape index (κ3) is 3.66. The summed E-state index contributed by atoms with van der Waals surface area (Å²) in [6, 6.07) is 8.03. The van der Waals surface area contributed by atoms with Crippen molar-refractivity contribution >= 4 is 23.5 Å². The Balaban J connectivity index is 1.88. The Bertz CT molecular complexity index is 404. The molecule has 2 rings (SSSR count). The maximum absolute atomic E-state index is 11.7. The van der Waals surface area contributed by atoms with Gasteiger partial charge in [-0.05, 0) is 50.1 Å². The highest BCUT2D eigenvalue weighted by Gasteiger charge is 2.28. The molecule has 0 aromatic heterocycles. The molecule has 2 N–H and O–H groups in total. The van der Waals surface area contributed by atoms with Gasteiger partial charge in [-0.3, -0.25) is 0 Å². The third-order valence-electron chi connectivity index (χ3n) is 3.02. The van der Waals surface area contributed by atoms with Crippen molar-refractivity contribution in [2.75, 3.05) is 11.6 Å². The van der Waals surface area contributed by atoms with Crippen LogP contribution >= 0.6 is 11.8 Å². The second-order valence-electron chi connectivity index (χ2n) is 4.46. The van der Waals surface area contributed by atoms with Crippen molar-refractivity contribution in [3.63, 3.8) is 0 Å². The van der Waals surface area contributed by atoms with Crippen molar-refractivity contribution in [1.29, 1.82) is 0 Å². The van der Waals surface area contributed by atoms with Crippen LogP contribution in [0.1, 0.15) is 19.8 Å². The number of amides is 2. The number of carbonyl (C=O) groups excluding carboxylic acids is 1. The van der Waals surface area contributed by atoms with E-state index >= 15 is 0 Å². The lowest BCUT2D eigenvalue weighted by atomic mass is 10.2. The molecule has 1 saturated carbocycles. The molecule has 0 radical (unpaired) electrons. The van der Waals surface area contributed by atoms with E-state index < -0.39 is 0 Å². The van der Waals surface area contributed by atoms with E-state index in [1.807, 2.05) is 30.5 Å². The highest BCUT2D eigenvalue weighted by Crippen LogP contribution is 2.32. The van der Waals surface area contributed by atoms with E-state index in [9.17, 15) is 4.79 Å². The maximum Gasteiger partial charge on any atom is 0.319 e. The van der Waals surface area contributed by atoms with Gasteiger partial charge in [-0.15, -0.1) is 11.8 Å². The Kier molecular flexibility index (Phi) is 3.94. The van der Waals surface area contributed by atoms with Crippen molar-refractivity contribution in [3.8, 4) is 0 Å². The molecule has 1 fully saturated rings. The van der Waals surface area contributed by atoms with Crippen LogP contribution in [-0.4, -0.2) is 18.3 Å². The molecule has 4 heteroatoms. The predicted molar refractivity (Wildman–Crippen MR) is 72.6 cm³/mol. The van der Waals surface area contributed by atoms with E-state index in [4.69, 9.17) is 0 Å². The van der Waals surface area contributed by atoms with Crippen LogP contribution in [0.25, 0.3) is 0 Å². The summed E-state index contributed by atoms with van der Waals surface area (Å²) in [5.74, 6) is 0.679. The quantitative estimate of drug-likeness (QED) is 0.805. The van der Waals surface area contributed by atoms with Gasteiger partial charge in [-0.1, -0.05) is 6.07 Å². The van der Waals surface area contributed by atoms with Crippen LogP contribution in [0.3, 0.4) is 0 Å². The fraction of sp³-hybridized carbons (Fsp3) is 0.462. The smallest absolute Gasteiger partial charge is 0.319 e. The molecule has 1 aliphatic rings. The molecule has 17 heavy (non-hydrogen) atoms. The number of benzene rings is 1. The molecule has 0 saturated heterocycles. The van der Waals surface area contributed by atoms with Crippen molar-refractivity contribution in [2.24, 2.45) is 5.92 Å². The second-order valence-corrected chi connectivity index (χ2v) is 5.34. The van der Waals surface area contributed by atoms with Crippen molar-refractivity contribution in [1.82, 2.24) is 5.32 Å². The summed E-state index contributed by atoms with van der Waals surface area (Å²) in [5, 5.41) is 5.84. The summed E-state index contributed by atoms with van der Waals surface area (Å²) in [5.41, 5.74) is 0.845. The highest BCUT2D eigenvalue weighted by atomic mass is 32.2. The SMILES string of the molecule is CSc1cccc(NC(=O)NC(C)C2CC2)c1. The van der Waals surface area contributed by atoms with E-state index in [-0.39, 0.29) is 12.1 Å². The number of hydrogen-bond acceptors (Lipinski definition) is 2. The molecular formula is C13H18N2OS. The van der Waals surface area contributed by atoms with Gasteiger partial charge < -0.3 is 10.6 Å². The number of urea groups is 1. The zero-order valence-electron chi connectivity index (χ0n) is 10.2. The largest absolute Gasteiger partial charge is 0.335 e. The zero-order chi connectivity index (χ0) is 12.3. The van der Waals surface area contributed by atoms with Gasteiger partial charge in [-0.2, -0.15) is 0 Å². The van der Waals surface area contributed by atoms with Crippen molar-refractivity contribution in [3.05, 3.63) is 24.3 Å². The molecule has 2 amide bonds. The fourth-order valence-corrected chi connectivity index (χ4v) is 2.25. The number of nitrogens with one attached hydrogen (secondary N) is 2. The number of rotatable bonds is 4. The van der Waals surface area contributed by atoms with Gasteiger partial charge >= 0.3 is 6.03 Å². The van der Waals surface area contributed by atoms with Crippen molar-refractivity contribution in [2.45, 2.75) is 30.7 Å². The molecule has 1 unspecified atom stereocenters. The van der Waals surface area contributed by atoms with Crippen LogP contribution in [0.15, 0.2) is 29.2 Å². The molecular weight excluding hydrogens is 232 g/mol. The summed E-state index contributed by atoms with van der Waals surface area (Å²) >= 11 is 1.67. The first-order valence-electron chi connectivity index (χ1n) is 5.90. The number of thioether (sulfide) groups is 1. The summed E-state index contributed by atoms with van der Waals surface area (Å²) in [6.07, 6.45) is 4.50. The summed E-state index contributed by atoms with van der Waals surface area (Å²) < 4.78 is 0. The van der Waals surface area contributed by atoms with Crippen LogP contribution in [0.5, 0.6) is 0 Å². The lowest BCUT2D eigenvalue weighted by molar-refractivity contribution is 0.248. The van der Waals surface area contributed by atoms with Gasteiger partial charge in [0.2, 0.25) is 0 Å². The van der Waals surface area contributed by atoms with Crippen LogP contribution in [0.2, 0.25) is 0 Å². The fourth-order valence-electron chi connectivity index (χ4n) is 1.79. The van der Waals surface area contributed by atoms with E-state index in [0.29, 0.717) is 5.92 Å². The minimum absolute atomic E-state index is 0.109. The lowest BCUT2D eigenvalue weighted by Crippen LogP contribution is -2.37. The molecule has 92 valence electrons. The third-order valence-corrected chi connectivity index (χ3v) is 3.74. The Morgan fingerprint density at radius 3 is 2.88 bits per heavy atom. The predicted octanol–water partition coefficient (Wildman–Crippen LogP) is 3.33. The van der Waals surface area contributed by atoms with Crippen LogP contribution < -0.4 is 10.6 Å². The van der Waals surface area contributed by atoms with Crippen LogP contribution in [0.4, 0.5) is 10.5 Å². The number of anilines is 1. The molecule has 0 heterocycles. The molecule has 0 spiro atoms. The summed E-state index contributed by atoms with van der Waals surface area (Å²) in [4.78, 5) is 12.9. The molecule has 1 aliphatic carbocycles. The molecule has 1 atom stereocenters. The van der Waals surface area contributed by atoms with Gasteiger partial charge in [0.15, 0.2) is 0 Å². The standard InChI is InChI=1S/C13H18N2OS/c1-9(10-6-7-10)14-13(16)15-11-4-3-5-12(8-11)17-2/h3-5,8-10H,6-7H2,1-2H3,(H2,14,15,16). The Labute approximate surface area is 106 Å². The molecule has 0 bridgehead atoms. The second kappa shape index (κ2) is 5.45. The maximum atomic E-state index is 11.7. The number of hydrogen-bond donors (Lipinski definition) is 2. The van der Waals surface area contributed by atoms with Gasteiger partial charge in [0.1, 0.15) is 0 Å². The average molecular weight is 250 g/mol. The first-order chi connectivity index (χ1) is 8.19. The van der Waals surface area contributed by atoms with E-state index in [1.165, 1.54) is 12.8 Å². The van der Waals surface area contributed by atoms with Crippen LogP contribution in [-0.2, 0) is 0 Å². The van der Waals surface area contributed by atoms with Gasteiger partial charge in [0.25, 0.3) is 0 Å². The van der Waals surface area contributed by atoms with Crippen molar-refractivity contribution < 1.29 is 4.79 Å². The number of carbonyl (C=O) groups is 1. The zero-order valence-corrected chi connectivity index (χ0v) is 11.0. The van der Waals surface area contributed by atoms with Gasteiger partial charge in [0, 0.05) is 16.6 Å².